The standard InChI is InChI=1S/6C3H6O3.Ca/c6*1-2(4)3(5)6;/h6*2,4H,1H3,(H,5,6);/q;;;;;;+2. The summed E-state index contributed by atoms with van der Waals surface area (Å²) in [6, 6.07) is 0. The van der Waals surface area contributed by atoms with Gasteiger partial charge in [-0.2, -0.15) is 0 Å². The van der Waals surface area contributed by atoms with E-state index in [1.165, 1.54) is 41.5 Å². The third-order valence-corrected chi connectivity index (χ3v) is 2.14. The van der Waals surface area contributed by atoms with Crippen LogP contribution in [0.25, 0.3) is 0 Å². The first kappa shape index (κ1) is 51.5. The average Bonchev–Trinajstić information content (AvgIpc) is 2.69. The van der Waals surface area contributed by atoms with Gasteiger partial charge < -0.3 is 61.3 Å². The fourth-order valence-corrected chi connectivity index (χ4v) is 0. The van der Waals surface area contributed by atoms with E-state index >= 15 is 0 Å². The molecule has 0 aromatic carbocycles. The molecule has 19 heteroatoms. The summed E-state index contributed by atoms with van der Waals surface area (Å²) < 4.78 is 0. The summed E-state index contributed by atoms with van der Waals surface area (Å²) in [4.78, 5) is 56.7. The van der Waals surface area contributed by atoms with Gasteiger partial charge in [0.2, 0.25) is 0 Å². The van der Waals surface area contributed by atoms with E-state index in [4.69, 9.17) is 61.3 Å². The van der Waals surface area contributed by atoms with Gasteiger partial charge in [0.15, 0.2) is 0 Å². The Morgan fingerprint density at radius 1 is 0.324 bits per heavy atom. The van der Waals surface area contributed by atoms with Gasteiger partial charge in [-0.05, 0) is 41.5 Å². The van der Waals surface area contributed by atoms with Crippen LogP contribution in [0.2, 0.25) is 0 Å². The van der Waals surface area contributed by atoms with Gasteiger partial charge in [-0.1, -0.05) is 0 Å². The molecule has 0 aromatic heterocycles. The third kappa shape index (κ3) is 71.9. The van der Waals surface area contributed by atoms with Crippen molar-refractivity contribution in [2.24, 2.45) is 0 Å². The van der Waals surface area contributed by atoms with Gasteiger partial charge in [-0.3, -0.25) is 0 Å². The third-order valence-electron chi connectivity index (χ3n) is 2.14. The summed E-state index contributed by atoms with van der Waals surface area (Å²) in [6.45, 7) is 7.18. The van der Waals surface area contributed by atoms with Crippen molar-refractivity contribution in [1.29, 1.82) is 0 Å². The Hall–Kier alpha value is -2.16. The van der Waals surface area contributed by atoms with Crippen molar-refractivity contribution in [3.05, 3.63) is 0 Å². The largest absolute Gasteiger partial charge is 2.00 e. The van der Waals surface area contributed by atoms with E-state index in [-0.39, 0.29) is 37.7 Å². The van der Waals surface area contributed by atoms with E-state index in [1.807, 2.05) is 0 Å². The van der Waals surface area contributed by atoms with E-state index in [0.717, 1.165) is 0 Å². The van der Waals surface area contributed by atoms with Crippen LogP contribution in [-0.4, -0.2) is 171 Å². The Bertz CT molecular complexity index is 489. The molecule has 0 rings (SSSR count). The smallest absolute Gasteiger partial charge is 0.479 e. The van der Waals surface area contributed by atoms with Crippen molar-refractivity contribution in [1.82, 2.24) is 0 Å². The Morgan fingerprint density at radius 2 is 0.351 bits per heavy atom. The van der Waals surface area contributed by atoms with Gasteiger partial charge in [-0.25, -0.2) is 28.8 Å². The van der Waals surface area contributed by atoms with Crippen molar-refractivity contribution < 1.29 is 90.0 Å². The number of carboxylic acid groups (broad SMARTS) is 6. The zero-order valence-corrected chi connectivity index (χ0v) is 23.2. The monoisotopic (exact) mass is 580 g/mol. The maximum atomic E-state index is 9.45. The molecule has 0 saturated carbocycles. The second kappa shape index (κ2) is 31.9. The van der Waals surface area contributed by atoms with E-state index in [2.05, 4.69) is 0 Å². The molecule has 0 saturated heterocycles. The Labute approximate surface area is 241 Å². The first-order chi connectivity index (χ1) is 15.9. The SMILES string of the molecule is CC(O)C(=O)O.CC(O)C(=O)O.CC(O)C(=O)O.CC(O)C(=O)O.CC(O)C(=O)O.CC(O)C(=O)O.[Ca+2]. The molecule has 18 nitrogen and oxygen atoms in total. The minimum absolute atomic E-state index is 0. The van der Waals surface area contributed by atoms with Crippen LogP contribution in [0.1, 0.15) is 41.5 Å². The van der Waals surface area contributed by atoms with E-state index in [1.54, 1.807) is 0 Å². The van der Waals surface area contributed by atoms with Crippen LogP contribution in [0.15, 0.2) is 0 Å². The first-order valence-corrected chi connectivity index (χ1v) is 9.31. The molecule has 6 atom stereocenters. The second-order valence-corrected chi connectivity index (χ2v) is 6.09. The van der Waals surface area contributed by atoms with Crippen LogP contribution in [0.3, 0.4) is 0 Å². The fraction of sp³-hybridized carbons (Fsp3) is 0.667. The maximum absolute atomic E-state index is 9.45. The fourth-order valence-electron chi connectivity index (χ4n) is 0. The molecule has 0 radical (unpaired) electrons. The molecule has 0 heterocycles. The zero-order valence-electron chi connectivity index (χ0n) is 21.0. The predicted molar refractivity (Wildman–Crippen MR) is 122 cm³/mol. The van der Waals surface area contributed by atoms with Gasteiger partial charge in [0.1, 0.15) is 36.6 Å². The summed E-state index contributed by atoms with van der Waals surface area (Å²) in [5, 5.41) is 94.6. The minimum atomic E-state index is -1.23. The van der Waals surface area contributed by atoms with Crippen LogP contribution >= 0.6 is 0 Å². The van der Waals surface area contributed by atoms with Crippen LogP contribution in [0, 0.1) is 0 Å². The summed E-state index contributed by atoms with van der Waals surface area (Å²) in [7, 11) is 0. The number of aliphatic hydroxyl groups excluding tert-OH is 6. The van der Waals surface area contributed by atoms with Crippen molar-refractivity contribution in [3.8, 4) is 0 Å². The van der Waals surface area contributed by atoms with Crippen LogP contribution < -0.4 is 0 Å². The number of hydrogen-bond acceptors (Lipinski definition) is 12. The molecule has 0 aromatic rings. The van der Waals surface area contributed by atoms with Crippen molar-refractivity contribution in [3.63, 3.8) is 0 Å². The molecule has 0 spiro atoms. The molecule has 0 amide bonds. The van der Waals surface area contributed by atoms with Gasteiger partial charge in [0.25, 0.3) is 0 Å². The summed E-state index contributed by atoms with van der Waals surface area (Å²) >= 11 is 0. The number of aliphatic carboxylic acids is 6. The summed E-state index contributed by atoms with van der Waals surface area (Å²) in [5.74, 6) is -7.11. The molecular weight excluding hydrogens is 544 g/mol. The molecule has 216 valence electrons. The Morgan fingerprint density at radius 3 is 0.351 bits per heavy atom. The second-order valence-electron chi connectivity index (χ2n) is 6.09. The molecule has 37 heavy (non-hydrogen) atoms. The normalized spacial score (nSPS) is 13.3. The number of rotatable bonds is 6. The van der Waals surface area contributed by atoms with Crippen LogP contribution in [0.5, 0.6) is 0 Å². The summed E-state index contributed by atoms with van der Waals surface area (Å²) in [5.41, 5.74) is 0. The zero-order chi connectivity index (χ0) is 30.9. The number of carboxylic acids is 6. The van der Waals surface area contributed by atoms with Gasteiger partial charge in [0, 0.05) is 0 Å². The maximum Gasteiger partial charge on any atom is 2.00 e. The van der Waals surface area contributed by atoms with Crippen LogP contribution in [-0.2, 0) is 28.8 Å². The van der Waals surface area contributed by atoms with Gasteiger partial charge >= 0.3 is 73.6 Å². The van der Waals surface area contributed by atoms with Gasteiger partial charge in [-0.15, -0.1) is 0 Å². The van der Waals surface area contributed by atoms with E-state index < -0.39 is 72.4 Å². The molecule has 6 unspecified atom stereocenters. The van der Waals surface area contributed by atoms with Crippen molar-refractivity contribution in [2.45, 2.75) is 78.2 Å². The average molecular weight is 581 g/mol. The molecule has 0 aliphatic carbocycles. The Kier molecular flexibility index (Phi) is 44.3. The molecule has 0 aliphatic rings. The predicted octanol–water partition coefficient (Wildman–Crippen LogP) is -3.67. The topological polar surface area (TPSA) is 345 Å². The Balaban J connectivity index is -0.0000000581. The van der Waals surface area contributed by atoms with Crippen LogP contribution in [0.4, 0.5) is 0 Å². The van der Waals surface area contributed by atoms with Crippen molar-refractivity contribution in [2.75, 3.05) is 0 Å². The molecular formula is C18H36CaO18+2. The van der Waals surface area contributed by atoms with Crippen molar-refractivity contribution >= 4 is 73.6 Å². The molecule has 0 aliphatic heterocycles. The number of aliphatic hydroxyl groups is 6. The first-order valence-electron chi connectivity index (χ1n) is 9.31. The summed E-state index contributed by atoms with van der Waals surface area (Å²) in [6.07, 6.45) is -7.39. The number of hydrogen-bond donors (Lipinski definition) is 12. The van der Waals surface area contributed by atoms with Gasteiger partial charge in [0.05, 0.1) is 0 Å². The molecule has 12 N–H and O–H groups in total. The molecule has 0 bridgehead atoms. The van der Waals surface area contributed by atoms with E-state index in [0.29, 0.717) is 0 Å². The number of carbonyl (C=O) groups is 6. The quantitative estimate of drug-likeness (QED) is 0.135. The molecule has 0 fully saturated rings. The van der Waals surface area contributed by atoms with E-state index in [9.17, 15) is 28.8 Å². The minimum Gasteiger partial charge on any atom is -0.479 e.